The molecule has 7 nitrogen and oxygen atoms in total. The largest absolute Gasteiger partial charge is 0.392 e. The summed E-state index contributed by atoms with van der Waals surface area (Å²) in [7, 11) is 3.34. The third kappa shape index (κ3) is 5.93. The first-order chi connectivity index (χ1) is 17.3. The normalized spacial score (nSPS) is 23.3. The zero-order chi connectivity index (χ0) is 25.7. The Morgan fingerprint density at radius 3 is 2.50 bits per heavy atom. The highest BCUT2D eigenvalue weighted by molar-refractivity contribution is 6.00. The first-order valence-corrected chi connectivity index (χ1v) is 13.9. The number of carbonyl (C=O) groups is 3. The summed E-state index contributed by atoms with van der Waals surface area (Å²) in [5.74, 6) is 1.03. The Labute approximate surface area is 215 Å². The predicted molar refractivity (Wildman–Crippen MR) is 140 cm³/mol. The molecule has 1 unspecified atom stereocenters. The maximum atomic E-state index is 12.5. The Morgan fingerprint density at radius 1 is 1.08 bits per heavy atom. The van der Waals surface area contributed by atoms with Crippen LogP contribution in [0.3, 0.4) is 0 Å². The molecule has 7 heteroatoms. The number of benzene rings is 1. The quantitative estimate of drug-likeness (QED) is 0.655. The molecule has 1 spiro atoms. The highest BCUT2D eigenvalue weighted by Gasteiger charge is 2.45. The Hall–Kier alpha value is -2.41. The number of nitrogens with zero attached hydrogens (tertiary/aromatic N) is 2. The Kier molecular flexibility index (Phi) is 8.70. The summed E-state index contributed by atoms with van der Waals surface area (Å²) in [5.41, 5.74) is 2.26. The van der Waals surface area contributed by atoms with Gasteiger partial charge in [-0.2, -0.15) is 0 Å². The molecular weight excluding hydrogens is 454 g/mol. The summed E-state index contributed by atoms with van der Waals surface area (Å²) >= 11 is 0. The second kappa shape index (κ2) is 11.8. The van der Waals surface area contributed by atoms with E-state index in [4.69, 9.17) is 0 Å². The van der Waals surface area contributed by atoms with Gasteiger partial charge in [0.2, 0.25) is 5.91 Å². The van der Waals surface area contributed by atoms with Crippen LogP contribution >= 0.6 is 0 Å². The van der Waals surface area contributed by atoms with Crippen LogP contribution in [-0.2, 0) is 11.3 Å². The standard InChI is InChI=1S/C18H31NO2.C11H12N2O2/c20-16-10-13-19(14-18(16)11-4-5-12-18)17(21)9-8-15-6-2-1-3-7-15;1-12-10(14)7-3-4-9-8(5-7)6-13(2)11(9)15/h15-16,20H,1-14H2;3-5H,6H2,1-2H3,(H,12,14). The van der Waals surface area contributed by atoms with Crippen molar-refractivity contribution in [1.29, 1.82) is 0 Å². The molecule has 3 fully saturated rings. The zero-order valence-electron chi connectivity index (χ0n) is 22.1. The second-order valence-electron chi connectivity index (χ2n) is 11.3. The van der Waals surface area contributed by atoms with E-state index in [1.165, 1.54) is 44.9 Å². The number of rotatable bonds is 4. The van der Waals surface area contributed by atoms with Crippen molar-refractivity contribution in [2.24, 2.45) is 11.3 Å². The van der Waals surface area contributed by atoms with Crippen LogP contribution in [0.1, 0.15) is 103 Å². The van der Waals surface area contributed by atoms with Gasteiger partial charge in [-0.15, -0.1) is 0 Å². The van der Waals surface area contributed by atoms with Crippen molar-refractivity contribution in [2.45, 2.75) is 89.7 Å². The number of fused-ring (bicyclic) bond motifs is 1. The van der Waals surface area contributed by atoms with Crippen molar-refractivity contribution in [3.05, 3.63) is 34.9 Å². The fraction of sp³-hybridized carbons (Fsp3) is 0.690. The van der Waals surface area contributed by atoms with Gasteiger partial charge in [0.1, 0.15) is 0 Å². The molecule has 2 aliphatic carbocycles. The van der Waals surface area contributed by atoms with E-state index >= 15 is 0 Å². The first kappa shape index (κ1) is 26.6. The average Bonchev–Trinajstić information content (AvgIpc) is 3.49. The van der Waals surface area contributed by atoms with Gasteiger partial charge in [-0.05, 0) is 55.4 Å². The molecule has 36 heavy (non-hydrogen) atoms. The smallest absolute Gasteiger partial charge is 0.254 e. The predicted octanol–water partition coefficient (Wildman–Crippen LogP) is 4.13. The molecule has 2 saturated carbocycles. The highest BCUT2D eigenvalue weighted by atomic mass is 16.3. The molecule has 1 aromatic carbocycles. The lowest BCUT2D eigenvalue weighted by Crippen LogP contribution is -2.52. The number of likely N-dealkylation sites (tertiary alicyclic amines) is 1. The van der Waals surface area contributed by atoms with Gasteiger partial charge in [-0.3, -0.25) is 14.4 Å². The minimum Gasteiger partial charge on any atom is -0.392 e. The van der Waals surface area contributed by atoms with Crippen LogP contribution in [0.5, 0.6) is 0 Å². The lowest BCUT2D eigenvalue weighted by molar-refractivity contribution is -0.139. The molecule has 2 aliphatic heterocycles. The number of aliphatic hydroxyl groups excluding tert-OH is 1. The van der Waals surface area contributed by atoms with Crippen LogP contribution in [0.4, 0.5) is 0 Å². The summed E-state index contributed by atoms with van der Waals surface area (Å²) in [6.45, 7) is 2.17. The Morgan fingerprint density at radius 2 is 1.81 bits per heavy atom. The molecule has 5 rings (SSSR count). The van der Waals surface area contributed by atoms with Gasteiger partial charge in [0.15, 0.2) is 0 Å². The molecule has 1 aromatic rings. The van der Waals surface area contributed by atoms with E-state index in [1.807, 2.05) is 0 Å². The summed E-state index contributed by atoms with van der Waals surface area (Å²) in [5, 5.41) is 12.9. The van der Waals surface area contributed by atoms with Crippen molar-refractivity contribution in [1.82, 2.24) is 15.1 Å². The lowest BCUT2D eigenvalue weighted by atomic mass is 9.76. The Bertz CT molecular complexity index is 950. The molecule has 1 atom stereocenters. The molecule has 2 N–H and O–H groups in total. The molecular formula is C29H43N3O4. The van der Waals surface area contributed by atoms with Crippen molar-refractivity contribution in [3.63, 3.8) is 0 Å². The first-order valence-electron chi connectivity index (χ1n) is 13.9. The molecule has 0 bridgehead atoms. The number of carbonyl (C=O) groups excluding carboxylic acids is 3. The van der Waals surface area contributed by atoms with Crippen molar-refractivity contribution in [2.75, 3.05) is 27.2 Å². The summed E-state index contributed by atoms with van der Waals surface area (Å²) in [6.07, 6.45) is 13.9. The second-order valence-corrected chi connectivity index (χ2v) is 11.3. The molecule has 4 aliphatic rings. The summed E-state index contributed by atoms with van der Waals surface area (Å²) < 4.78 is 0. The monoisotopic (exact) mass is 497 g/mol. The topological polar surface area (TPSA) is 90.0 Å². The maximum absolute atomic E-state index is 12.5. The zero-order valence-corrected chi connectivity index (χ0v) is 22.1. The molecule has 0 aromatic heterocycles. The van der Waals surface area contributed by atoms with Gasteiger partial charge >= 0.3 is 0 Å². The number of amides is 3. The van der Waals surface area contributed by atoms with Gasteiger partial charge in [-0.1, -0.05) is 44.9 Å². The van der Waals surface area contributed by atoms with Crippen molar-refractivity contribution >= 4 is 17.7 Å². The highest BCUT2D eigenvalue weighted by Crippen LogP contribution is 2.45. The van der Waals surface area contributed by atoms with Crippen LogP contribution in [0.15, 0.2) is 18.2 Å². The van der Waals surface area contributed by atoms with Gasteiger partial charge in [0.25, 0.3) is 11.8 Å². The lowest BCUT2D eigenvalue weighted by Gasteiger charge is -2.44. The van der Waals surface area contributed by atoms with Crippen molar-refractivity contribution in [3.8, 4) is 0 Å². The maximum Gasteiger partial charge on any atom is 0.254 e. The number of aliphatic hydroxyl groups is 1. The average molecular weight is 498 g/mol. The van der Waals surface area contributed by atoms with E-state index in [1.54, 1.807) is 37.2 Å². The van der Waals surface area contributed by atoms with Gasteiger partial charge in [0, 0.05) is 56.7 Å². The summed E-state index contributed by atoms with van der Waals surface area (Å²) in [4.78, 5) is 39.2. The van der Waals surface area contributed by atoms with E-state index in [-0.39, 0.29) is 23.3 Å². The minimum atomic E-state index is -0.178. The number of nitrogens with one attached hydrogen (secondary N) is 1. The molecule has 2 heterocycles. The van der Waals surface area contributed by atoms with E-state index in [0.717, 1.165) is 56.7 Å². The van der Waals surface area contributed by atoms with E-state index in [0.29, 0.717) is 23.6 Å². The number of piperidine rings is 1. The van der Waals surface area contributed by atoms with Crippen LogP contribution in [0, 0.1) is 11.3 Å². The van der Waals surface area contributed by atoms with E-state index in [9.17, 15) is 19.5 Å². The van der Waals surface area contributed by atoms with Crippen LogP contribution in [0.25, 0.3) is 0 Å². The molecule has 3 amide bonds. The van der Waals surface area contributed by atoms with Crippen molar-refractivity contribution < 1.29 is 19.5 Å². The minimum absolute atomic E-state index is 0.0217. The van der Waals surface area contributed by atoms with Gasteiger partial charge in [0.05, 0.1) is 6.10 Å². The third-order valence-electron chi connectivity index (χ3n) is 8.91. The fourth-order valence-electron chi connectivity index (χ4n) is 6.65. The van der Waals surface area contributed by atoms with E-state index < -0.39 is 0 Å². The van der Waals surface area contributed by atoms with Crippen LogP contribution < -0.4 is 5.32 Å². The molecule has 198 valence electrons. The molecule has 1 saturated heterocycles. The van der Waals surface area contributed by atoms with Gasteiger partial charge < -0.3 is 20.2 Å². The number of hydrogen-bond acceptors (Lipinski definition) is 4. The van der Waals surface area contributed by atoms with Crippen LogP contribution in [0.2, 0.25) is 0 Å². The Balaban J connectivity index is 0.000000179. The third-order valence-corrected chi connectivity index (χ3v) is 8.91. The van der Waals surface area contributed by atoms with Crippen LogP contribution in [-0.4, -0.2) is 65.9 Å². The van der Waals surface area contributed by atoms with E-state index in [2.05, 4.69) is 10.2 Å². The SMILES string of the molecule is CNC(=O)c1ccc2c(c1)CN(C)C2=O.O=C(CCC1CCCCC1)N1CCC(O)C2(CCCC2)C1. The summed E-state index contributed by atoms with van der Waals surface area (Å²) in [6, 6.07) is 5.16. The number of hydrogen-bond donors (Lipinski definition) is 2. The van der Waals surface area contributed by atoms with Gasteiger partial charge in [-0.25, -0.2) is 0 Å². The fourth-order valence-corrected chi connectivity index (χ4v) is 6.65. The molecule has 0 radical (unpaired) electrons.